The van der Waals surface area contributed by atoms with E-state index in [2.05, 4.69) is 29.1 Å². The van der Waals surface area contributed by atoms with Gasteiger partial charge in [-0.2, -0.15) is 0 Å². The van der Waals surface area contributed by atoms with Crippen LogP contribution < -0.4 is 5.32 Å². The van der Waals surface area contributed by atoms with Crippen LogP contribution in [0.2, 0.25) is 0 Å². The van der Waals surface area contributed by atoms with Crippen molar-refractivity contribution in [2.45, 2.75) is 32.5 Å². The summed E-state index contributed by atoms with van der Waals surface area (Å²) in [5.41, 5.74) is 1.18. The maximum absolute atomic E-state index is 8.87. The van der Waals surface area contributed by atoms with E-state index in [-0.39, 0.29) is 19.3 Å². The molecule has 0 amide bonds. The average Bonchev–Trinajstić information content (AvgIpc) is 2.68. The van der Waals surface area contributed by atoms with Crippen LogP contribution in [-0.4, -0.2) is 34.0 Å². The van der Waals surface area contributed by atoms with Crippen LogP contribution in [0, 0.1) is 0 Å². The number of aromatic nitrogens is 1. The zero-order valence-corrected chi connectivity index (χ0v) is 9.19. The minimum atomic E-state index is -0.223. The van der Waals surface area contributed by atoms with Gasteiger partial charge in [-0.15, -0.1) is 0 Å². The fourth-order valence-corrected chi connectivity index (χ4v) is 1.44. The predicted octanol–water partition coefficient (Wildman–Crippen LogP) is 0.341. The maximum atomic E-state index is 8.87. The van der Waals surface area contributed by atoms with Gasteiger partial charge >= 0.3 is 0 Å². The second kappa shape index (κ2) is 6.61. The van der Waals surface area contributed by atoms with Crippen LogP contribution >= 0.6 is 0 Å². The Kier molecular flexibility index (Phi) is 5.39. The van der Waals surface area contributed by atoms with Crippen molar-refractivity contribution in [1.29, 1.82) is 0 Å². The Hall–Kier alpha value is -0.840. The lowest BCUT2D eigenvalue weighted by atomic mass is 10.3. The molecule has 0 saturated heterocycles. The summed E-state index contributed by atoms with van der Waals surface area (Å²) in [6.07, 6.45) is 5.26. The lowest BCUT2D eigenvalue weighted by Gasteiger charge is -2.11. The summed E-state index contributed by atoms with van der Waals surface area (Å²) in [6, 6.07) is 1.83. The van der Waals surface area contributed by atoms with Crippen molar-refractivity contribution in [1.82, 2.24) is 9.88 Å². The maximum Gasteiger partial charge on any atom is 0.0607 e. The number of nitrogens with zero attached hydrogens (tertiary/aromatic N) is 1. The third-order valence-corrected chi connectivity index (χ3v) is 2.33. The molecule has 0 aliphatic heterocycles. The van der Waals surface area contributed by atoms with E-state index in [1.807, 2.05) is 6.20 Å². The second-order valence-corrected chi connectivity index (χ2v) is 3.70. The summed E-state index contributed by atoms with van der Waals surface area (Å²) in [5.74, 6) is 0. The number of hydrogen-bond acceptors (Lipinski definition) is 3. The zero-order valence-electron chi connectivity index (χ0n) is 9.19. The Labute approximate surface area is 90.5 Å². The van der Waals surface area contributed by atoms with Gasteiger partial charge in [0.15, 0.2) is 0 Å². The summed E-state index contributed by atoms with van der Waals surface area (Å²) in [7, 11) is 0. The van der Waals surface area contributed by atoms with E-state index in [4.69, 9.17) is 10.2 Å². The molecule has 1 aromatic heterocycles. The summed E-state index contributed by atoms with van der Waals surface area (Å²) in [4.78, 5) is 0. The van der Waals surface area contributed by atoms with Gasteiger partial charge in [-0.05, 0) is 18.1 Å². The summed E-state index contributed by atoms with van der Waals surface area (Å²) in [6.45, 7) is 3.79. The normalized spacial score (nSPS) is 11.2. The molecule has 3 N–H and O–H groups in total. The van der Waals surface area contributed by atoms with Crippen LogP contribution in [0.4, 0.5) is 0 Å². The molecule has 0 spiro atoms. The molecular weight excluding hydrogens is 192 g/mol. The minimum absolute atomic E-state index is 0.0355. The summed E-state index contributed by atoms with van der Waals surface area (Å²) >= 11 is 0. The number of hydrogen-bond donors (Lipinski definition) is 3. The van der Waals surface area contributed by atoms with E-state index in [0.717, 1.165) is 13.0 Å². The molecule has 1 heterocycles. The molecule has 0 atom stereocenters. The molecule has 4 heteroatoms. The van der Waals surface area contributed by atoms with Crippen molar-refractivity contribution in [3.63, 3.8) is 0 Å². The Morgan fingerprint density at radius 1 is 1.40 bits per heavy atom. The van der Waals surface area contributed by atoms with E-state index in [1.54, 1.807) is 0 Å². The van der Waals surface area contributed by atoms with Crippen molar-refractivity contribution < 1.29 is 10.2 Å². The molecule has 0 aliphatic carbocycles. The summed E-state index contributed by atoms with van der Waals surface area (Å²) < 4.78 is 2.14. The number of rotatable bonds is 7. The van der Waals surface area contributed by atoms with E-state index in [9.17, 15) is 0 Å². The van der Waals surface area contributed by atoms with Crippen LogP contribution in [0.3, 0.4) is 0 Å². The van der Waals surface area contributed by atoms with Crippen LogP contribution in [0.15, 0.2) is 18.5 Å². The molecule has 0 bridgehead atoms. The first-order chi connectivity index (χ1) is 7.30. The monoisotopic (exact) mass is 212 g/mol. The minimum Gasteiger partial charge on any atom is -0.395 e. The molecule has 0 aromatic carbocycles. The lowest BCUT2D eigenvalue weighted by molar-refractivity contribution is 0.170. The average molecular weight is 212 g/mol. The first kappa shape index (κ1) is 12.2. The largest absolute Gasteiger partial charge is 0.395 e. The van der Waals surface area contributed by atoms with Crippen molar-refractivity contribution in [2.24, 2.45) is 0 Å². The van der Waals surface area contributed by atoms with Crippen LogP contribution in [-0.2, 0) is 13.1 Å². The van der Waals surface area contributed by atoms with Gasteiger partial charge in [0.1, 0.15) is 0 Å². The van der Waals surface area contributed by atoms with Gasteiger partial charge in [0.2, 0.25) is 0 Å². The van der Waals surface area contributed by atoms with Crippen molar-refractivity contribution in [3.05, 3.63) is 24.0 Å². The van der Waals surface area contributed by atoms with Crippen LogP contribution in [0.25, 0.3) is 0 Å². The fraction of sp³-hybridized carbons (Fsp3) is 0.636. The quantitative estimate of drug-likeness (QED) is 0.611. The van der Waals surface area contributed by atoms with E-state index in [1.165, 1.54) is 5.56 Å². The Balaban J connectivity index is 2.36. The molecule has 4 nitrogen and oxygen atoms in total. The number of aliphatic hydroxyl groups excluding tert-OH is 2. The first-order valence-corrected chi connectivity index (χ1v) is 5.40. The molecular formula is C11H20N2O2. The third kappa shape index (κ3) is 4.03. The van der Waals surface area contributed by atoms with Gasteiger partial charge in [-0.25, -0.2) is 0 Å². The van der Waals surface area contributed by atoms with E-state index >= 15 is 0 Å². The first-order valence-electron chi connectivity index (χ1n) is 5.40. The van der Waals surface area contributed by atoms with Crippen LogP contribution in [0.5, 0.6) is 0 Å². The van der Waals surface area contributed by atoms with Crippen molar-refractivity contribution >= 4 is 0 Å². The van der Waals surface area contributed by atoms with Crippen LogP contribution in [0.1, 0.15) is 18.9 Å². The highest BCUT2D eigenvalue weighted by molar-refractivity contribution is 5.10. The lowest BCUT2D eigenvalue weighted by Crippen LogP contribution is -2.35. The molecule has 0 unspecified atom stereocenters. The number of aryl methyl sites for hydroxylation is 1. The van der Waals surface area contributed by atoms with Gasteiger partial charge in [-0.3, -0.25) is 0 Å². The summed E-state index contributed by atoms with van der Waals surface area (Å²) in [5, 5.41) is 20.8. The number of aliphatic hydroxyl groups is 2. The molecule has 1 rings (SSSR count). The highest BCUT2D eigenvalue weighted by Crippen LogP contribution is 2.02. The van der Waals surface area contributed by atoms with Gasteiger partial charge in [0.05, 0.1) is 19.3 Å². The Morgan fingerprint density at radius 2 is 2.13 bits per heavy atom. The highest BCUT2D eigenvalue weighted by atomic mass is 16.3. The molecule has 0 radical (unpaired) electrons. The van der Waals surface area contributed by atoms with Crippen molar-refractivity contribution in [3.8, 4) is 0 Å². The second-order valence-electron chi connectivity index (χ2n) is 3.70. The molecule has 0 aliphatic rings. The SMILES string of the molecule is CCCn1ccc(CNC(CO)CO)c1. The molecule has 86 valence electrons. The fourth-order valence-electron chi connectivity index (χ4n) is 1.44. The third-order valence-electron chi connectivity index (χ3n) is 2.33. The van der Waals surface area contributed by atoms with E-state index in [0.29, 0.717) is 6.54 Å². The van der Waals surface area contributed by atoms with E-state index < -0.39 is 0 Å². The van der Waals surface area contributed by atoms with Gasteiger partial charge in [-0.1, -0.05) is 6.92 Å². The predicted molar refractivity (Wildman–Crippen MR) is 59.5 cm³/mol. The molecule has 15 heavy (non-hydrogen) atoms. The number of nitrogens with one attached hydrogen (secondary N) is 1. The van der Waals surface area contributed by atoms with Gasteiger partial charge < -0.3 is 20.1 Å². The Bertz CT molecular complexity index is 269. The zero-order chi connectivity index (χ0) is 11.1. The molecule has 0 saturated carbocycles. The van der Waals surface area contributed by atoms with Gasteiger partial charge in [0.25, 0.3) is 0 Å². The standard InChI is InChI=1S/C11H20N2O2/c1-2-4-13-5-3-10(7-13)6-12-11(8-14)9-15/h3,5,7,11-12,14-15H,2,4,6,8-9H2,1H3. The highest BCUT2D eigenvalue weighted by Gasteiger charge is 2.04. The molecule has 0 fully saturated rings. The molecule has 1 aromatic rings. The van der Waals surface area contributed by atoms with Crippen molar-refractivity contribution in [2.75, 3.05) is 13.2 Å². The Morgan fingerprint density at radius 3 is 2.73 bits per heavy atom. The van der Waals surface area contributed by atoms with Gasteiger partial charge in [0, 0.05) is 25.5 Å². The topological polar surface area (TPSA) is 57.4 Å². The smallest absolute Gasteiger partial charge is 0.0607 e.